The van der Waals surface area contributed by atoms with Crippen molar-refractivity contribution in [3.63, 3.8) is 0 Å². The predicted octanol–water partition coefficient (Wildman–Crippen LogP) is 2.79. The molecule has 5 nitrogen and oxygen atoms in total. The molecule has 0 bridgehead atoms. The zero-order valence-corrected chi connectivity index (χ0v) is 13.7. The molecular weight excluding hydrogens is 336 g/mol. The van der Waals surface area contributed by atoms with E-state index in [4.69, 9.17) is 4.74 Å². The van der Waals surface area contributed by atoms with Gasteiger partial charge in [0.1, 0.15) is 18.4 Å². The molecule has 1 aromatic rings. The van der Waals surface area contributed by atoms with Crippen LogP contribution in [0.3, 0.4) is 0 Å². The van der Waals surface area contributed by atoms with E-state index >= 15 is 0 Å². The van der Waals surface area contributed by atoms with Crippen LogP contribution >= 0.6 is 15.9 Å². The SMILES string of the molecule is CC(C)CC1NC(=O)N(CCOc2ccc(Br)cc2)C1=O. The number of benzene rings is 1. The van der Waals surface area contributed by atoms with Gasteiger partial charge in [0.15, 0.2) is 0 Å². The van der Waals surface area contributed by atoms with E-state index in [-0.39, 0.29) is 25.1 Å². The number of carbonyl (C=O) groups excluding carboxylic acids is 2. The minimum atomic E-state index is -0.398. The highest BCUT2D eigenvalue weighted by Crippen LogP contribution is 2.17. The Labute approximate surface area is 132 Å². The van der Waals surface area contributed by atoms with E-state index in [2.05, 4.69) is 21.2 Å². The van der Waals surface area contributed by atoms with Gasteiger partial charge in [0.25, 0.3) is 5.91 Å². The molecule has 1 aliphatic rings. The van der Waals surface area contributed by atoms with E-state index in [1.54, 1.807) is 0 Å². The molecule has 6 heteroatoms. The Morgan fingerprint density at radius 2 is 1.95 bits per heavy atom. The second-order valence-corrected chi connectivity index (χ2v) is 6.34. The van der Waals surface area contributed by atoms with Gasteiger partial charge in [0.2, 0.25) is 0 Å². The Morgan fingerprint density at radius 1 is 1.29 bits per heavy atom. The molecule has 1 heterocycles. The lowest BCUT2D eigenvalue weighted by molar-refractivity contribution is -0.128. The van der Waals surface area contributed by atoms with Gasteiger partial charge in [0.05, 0.1) is 6.54 Å². The summed E-state index contributed by atoms with van der Waals surface area (Å²) in [6.07, 6.45) is 0.661. The lowest BCUT2D eigenvalue weighted by atomic mass is 10.0. The van der Waals surface area contributed by atoms with E-state index < -0.39 is 6.04 Å². The molecular formula is C15H19BrN2O3. The van der Waals surface area contributed by atoms with Crippen LogP contribution in [0.2, 0.25) is 0 Å². The van der Waals surface area contributed by atoms with Crippen LogP contribution in [0.4, 0.5) is 4.79 Å². The third kappa shape index (κ3) is 4.20. The molecule has 2 rings (SSSR count). The number of rotatable bonds is 6. The number of hydrogen-bond acceptors (Lipinski definition) is 3. The first-order chi connectivity index (χ1) is 9.97. The quantitative estimate of drug-likeness (QED) is 0.799. The first kappa shape index (κ1) is 15.8. The van der Waals surface area contributed by atoms with Crippen LogP contribution < -0.4 is 10.1 Å². The predicted molar refractivity (Wildman–Crippen MR) is 83.1 cm³/mol. The highest BCUT2D eigenvalue weighted by atomic mass is 79.9. The van der Waals surface area contributed by atoms with Crippen molar-refractivity contribution in [2.45, 2.75) is 26.3 Å². The van der Waals surface area contributed by atoms with E-state index in [1.165, 1.54) is 4.90 Å². The summed E-state index contributed by atoms with van der Waals surface area (Å²) in [5.41, 5.74) is 0. The largest absolute Gasteiger partial charge is 0.492 e. The molecule has 0 saturated carbocycles. The first-order valence-electron chi connectivity index (χ1n) is 6.97. The molecule has 1 fully saturated rings. The first-order valence-corrected chi connectivity index (χ1v) is 7.77. The van der Waals surface area contributed by atoms with Crippen molar-refractivity contribution >= 4 is 27.9 Å². The average Bonchev–Trinajstić information content (AvgIpc) is 2.67. The molecule has 0 radical (unpaired) electrons. The Bertz CT molecular complexity index is 516. The molecule has 1 aliphatic heterocycles. The van der Waals surface area contributed by atoms with Crippen molar-refractivity contribution in [3.05, 3.63) is 28.7 Å². The number of carbonyl (C=O) groups is 2. The molecule has 1 saturated heterocycles. The maximum atomic E-state index is 12.1. The van der Waals surface area contributed by atoms with Crippen LogP contribution in [-0.4, -0.2) is 36.0 Å². The summed E-state index contributed by atoms with van der Waals surface area (Å²) in [4.78, 5) is 25.1. The van der Waals surface area contributed by atoms with E-state index in [0.717, 1.165) is 4.47 Å². The van der Waals surface area contributed by atoms with Crippen molar-refractivity contribution in [2.24, 2.45) is 5.92 Å². The van der Waals surface area contributed by atoms with E-state index in [0.29, 0.717) is 18.1 Å². The number of halogens is 1. The lowest BCUT2D eigenvalue weighted by Crippen LogP contribution is -2.35. The van der Waals surface area contributed by atoms with Gasteiger partial charge in [-0.2, -0.15) is 0 Å². The minimum absolute atomic E-state index is 0.159. The average molecular weight is 355 g/mol. The molecule has 0 spiro atoms. The normalized spacial score (nSPS) is 18.3. The van der Waals surface area contributed by atoms with Crippen molar-refractivity contribution in [3.8, 4) is 5.75 Å². The van der Waals surface area contributed by atoms with Crippen molar-refractivity contribution < 1.29 is 14.3 Å². The summed E-state index contributed by atoms with van der Waals surface area (Å²) >= 11 is 3.35. The van der Waals surface area contributed by atoms with Crippen LogP contribution in [0.5, 0.6) is 5.75 Å². The van der Waals surface area contributed by atoms with Crippen LogP contribution in [0.25, 0.3) is 0 Å². The number of ether oxygens (including phenoxy) is 1. The number of nitrogens with one attached hydrogen (secondary N) is 1. The Morgan fingerprint density at radius 3 is 2.57 bits per heavy atom. The summed E-state index contributed by atoms with van der Waals surface area (Å²) < 4.78 is 6.51. The fraction of sp³-hybridized carbons (Fsp3) is 0.467. The van der Waals surface area contributed by atoms with Crippen molar-refractivity contribution in [1.82, 2.24) is 10.2 Å². The van der Waals surface area contributed by atoms with Crippen LogP contribution in [0.15, 0.2) is 28.7 Å². The zero-order chi connectivity index (χ0) is 15.4. The second kappa shape index (κ2) is 6.93. The summed E-state index contributed by atoms with van der Waals surface area (Å²) in [5.74, 6) is 0.912. The number of urea groups is 1. The van der Waals surface area contributed by atoms with Crippen LogP contribution in [-0.2, 0) is 4.79 Å². The summed E-state index contributed by atoms with van der Waals surface area (Å²) in [5, 5.41) is 2.72. The topological polar surface area (TPSA) is 58.6 Å². The second-order valence-electron chi connectivity index (χ2n) is 5.42. The molecule has 1 N–H and O–H groups in total. The van der Waals surface area contributed by atoms with Gasteiger partial charge in [-0.05, 0) is 36.6 Å². The zero-order valence-electron chi connectivity index (χ0n) is 12.1. The van der Waals surface area contributed by atoms with Gasteiger partial charge >= 0.3 is 6.03 Å². The number of amides is 3. The highest BCUT2D eigenvalue weighted by Gasteiger charge is 2.37. The minimum Gasteiger partial charge on any atom is -0.492 e. The van der Waals surface area contributed by atoms with Crippen LogP contribution in [0.1, 0.15) is 20.3 Å². The lowest BCUT2D eigenvalue weighted by Gasteiger charge is -2.14. The molecule has 0 aromatic heterocycles. The highest BCUT2D eigenvalue weighted by molar-refractivity contribution is 9.10. The fourth-order valence-electron chi connectivity index (χ4n) is 2.21. The monoisotopic (exact) mass is 354 g/mol. The van der Waals surface area contributed by atoms with Gasteiger partial charge in [-0.25, -0.2) is 4.79 Å². The third-order valence-corrected chi connectivity index (χ3v) is 3.74. The van der Waals surface area contributed by atoms with Gasteiger partial charge < -0.3 is 10.1 Å². The molecule has 3 amide bonds. The summed E-state index contributed by atoms with van der Waals surface area (Å²) in [6, 6.07) is 6.69. The smallest absolute Gasteiger partial charge is 0.324 e. The maximum Gasteiger partial charge on any atom is 0.324 e. The third-order valence-electron chi connectivity index (χ3n) is 3.21. The van der Waals surface area contributed by atoms with Crippen molar-refractivity contribution in [2.75, 3.05) is 13.2 Å². The molecule has 1 unspecified atom stereocenters. The molecule has 1 atom stereocenters. The van der Waals surface area contributed by atoms with E-state index in [9.17, 15) is 9.59 Å². The van der Waals surface area contributed by atoms with Gasteiger partial charge in [-0.15, -0.1) is 0 Å². The molecule has 21 heavy (non-hydrogen) atoms. The molecule has 1 aromatic carbocycles. The molecule has 114 valence electrons. The Balaban J connectivity index is 1.84. The number of imide groups is 1. The summed E-state index contributed by atoms with van der Waals surface area (Å²) in [6.45, 7) is 4.60. The van der Waals surface area contributed by atoms with E-state index in [1.807, 2.05) is 38.1 Å². The Hall–Kier alpha value is -1.56. The van der Waals surface area contributed by atoms with Crippen LogP contribution in [0, 0.1) is 5.92 Å². The fourth-order valence-corrected chi connectivity index (χ4v) is 2.47. The van der Waals surface area contributed by atoms with Gasteiger partial charge in [0, 0.05) is 4.47 Å². The van der Waals surface area contributed by atoms with Gasteiger partial charge in [-0.1, -0.05) is 29.8 Å². The maximum absolute atomic E-state index is 12.1. The standard InChI is InChI=1S/C15H19BrN2O3/c1-10(2)9-13-14(19)18(15(20)17-13)7-8-21-12-5-3-11(16)4-6-12/h3-6,10,13H,7-9H2,1-2H3,(H,17,20). The number of hydrogen-bond donors (Lipinski definition) is 1. The number of nitrogens with zero attached hydrogens (tertiary/aromatic N) is 1. The van der Waals surface area contributed by atoms with Crippen molar-refractivity contribution in [1.29, 1.82) is 0 Å². The molecule has 0 aliphatic carbocycles. The Kier molecular flexibility index (Phi) is 5.22. The van der Waals surface area contributed by atoms with Gasteiger partial charge in [-0.3, -0.25) is 9.69 Å². The summed E-state index contributed by atoms with van der Waals surface area (Å²) in [7, 11) is 0.